The van der Waals surface area contributed by atoms with Gasteiger partial charge in [0.25, 0.3) is 0 Å². The average Bonchev–Trinajstić information content (AvgIpc) is 3.36. The first-order valence-electron chi connectivity index (χ1n) is 21.9. The van der Waals surface area contributed by atoms with Gasteiger partial charge < -0.3 is 42.6 Å². The molecule has 338 valence electrons. The topological polar surface area (TPSA) is 132 Å². The van der Waals surface area contributed by atoms with Gasteiger partial charge in [-0.2, -0.15) is 0 Å². The van der Waals surface area contributed by atoms with Crippen LogP contribution >= 0.6 is 0 Å². The molecule has 1 saturated heterocycles. The normalized spacial score (nSPS) is 19.2. The van der Waals surface area contributed by atoms with Crippen molar-refractivity contribution in [1.29, 1.82) is 0 Å². The summed E-state index contributed by atoms with van der Waals surface area (Å²) in [4.78, 5) is 3.24. The number of rotatable bonds is 26. The molecular formula is C53H57N3O9. The quantitative estimate of drug-likeness (QED) is 0.0297. The van der Waals surface area contributed by atoms with E-state index in [9.17, 15) is 5.53 Å². The SMILES string of the molecule is COc1ccc(COC[C@@H](OCc2ccccc2)[C@H](CO[C@H]2O[C@H](COCc3ccccc3)[C@H](OCc3ccccc3)[C@H](OCc3ccccc3)[C@H]2OCc2ccccc2)N=[N+]=[N-])cc1. The lowest BCUT2D eigenvalue weighted by atomic mass is 9.97. The second-order valence-corrected chi connectivity index (χ2v) is 15.6. The van der Waals surface area contributed by atoms with Crippen molar-refractivity contribution in [3.8, 4) is 5.75 Å². The predicted molar refractivity (Wildman–Crippen MR) is 246 cm³/mol. The van der Waals surface area contributed by atoms with Gasteiger partial charge in [-0.1, -0.05) is 169 Å². The Morgan fingerprint density at radius 3 is 1.45 bits per heavy atom. The molecule has 7 atom stereocenters. The Bertz CT molecular complexity index is 2260. The van der Waals surface area contributed by atoms with Crippen molar-refractivity contribution in [3.05, 3.63) is 220 Å². The maximum absolute atomic E-state index is 9.95. The molecule has 6 aromatic carbocycles. The molecule has 0 aliphatic carbocycles. The number of nitrogens with zero attached hydrogens (tertiary/aromatic N) is 3. The van der Waals surface area contributed by atoms with Gasteiger partial charge in [-0.3, -0.25) is 0 Å². The van der Waals surface area contributed by atoms with Gasteiger partial charge in [0.15, 0.2) is 6.29 Å². The highest BCUT2D eigenvalue weighted by Gasteiger charge is 2.49. The molecule has 1 aliphatic heterocycles. The molecule has 0 N–H and O–H groups in total. The maximum Gasteiger partial charge on any atom is 0.186 e. The standard InChI is InChI=1S/C53H57N3O9/c1-57-46-29-27-45(28-30-46)32-58-38-48(60-33-41-19-9-3-10-20-41)47(55-56-54)37-64-53-52(63-36-44-25-15-6-16-26-44)51(62-35-43-23-13-5-14-24-43)50(61-34-42-21-11-4-12-22-42)49(65-53)39-59-31-40-17-7-2-8-18-40/h2-30,47-53H,31-39H2,1H3/t47-,48+,49+,50-,51-,52+,53-/m0/s1. The molecule has 1 fully saturated rings. The third-order valence-corrected chi connectivity index (χ3v) is 10.9. The van der Waals surface area contributed by atoms with Crippen LogP contribution in [0, 0.1) is 0 Å². The molecule has 1 heterocycles. The summed E-state index contributed by atoms with van der Waals surface area (Å²) in [6, 6.07) is 56.4. The summed E-state index contributed by atoms with van der Waals surface area (Å²) < 4.78 is 58.6. The summed E-state index contributed by atoms with van der Waals surface area (Å²) in [6.07, 6.45) is -4.56. The minimum Gasteiger partial charge on any atom is -0.497 e. The lowest BCUT2D eigenvalue weighted by molar-refractivity contribution is -0.329. The molecule has 0 radical (unpaired) electrons. The van der Waals surface area contributed by atoms with Gasteiger partial charge in [-0.15, -0.1) is 0 Å². The largest absolute Gasteiger partial charge is 0.497 e. The van der Waals surface area contributed by atoms with E-state index in [-0.39, 0.29) is 39.6 Å². The van der Waals surface area contributed by atoms with Crippen LogP contribution in [0.1, 0.15) is 33.4 Å². The van der Waals surface area contributed by atoms with Crippen molar-refractivity contribution < 1.29 is 42.6 Å². The van der Waals surface area contributed by atoms with Crippen LogP contribution in [0.25, 0.3) is 10.4 Å². The summed E-state index contributed by atoms with van der Waals surface area (Å²) in [5.74, 6) is 0.751. The van der Waals surface area contributed by atoms with Crippen LogP contribution < -0.4 is 4.74 Å². The van der Waals surface area contributed by atoms with E-state index in [1.807, 2.05) is 176 Å². The van der Waals surface area contributed by atoms with Gasteiger partial charge in [0.2, 0.25) is 0 Å². The molecule has 0 amide bonds. The summed E-state index contributed by atoms with van der Waals surface area (Å²) in [5.41, 5.74) is 15.8. The first kappa shape index (κ1) is 47.1. The number of methoxy groups -OCH3 is 1. The van der Waals surface area contributed by atoms with E-state index in [1.165, 1.54) is 0 Å². The molecule has 0 unspecified atom stereocenters. The van der Waals surface area contributed by atoms with Crippen LogP contribution in [0.5, 0.6) is 5.75 Å². The summed E-state index contributed by atoms with van der Waals surface area (Å²) in [5, 5.41) is 4.22. The van der Waals surface area contributed by atoms with E-state index in [4.69, 9.17) is 42.6 Å². The van der Waals surface area contributed by atoms with Crippen molar-refractivity contribution >= 4 is 0 Å². The van der Waals surface area contributed by atoms with Crippen molar-refractivity contribution in [2.45, 2.75) is 82.5 Å². The molecule has 12 nitrogen and oxygen atoms in total. The van der Waals surface area contributed by atoms with Crippen molar-refractivity contribution in [2.24, 2.45) is 5.11 Å². The van der Waals surface area contributed by atoms with Gasteiger partial charge in [0.1, 0.15) is 30.2 Å². The Kier molecular flexibility index (Phi) is 19.0. The minimum atomic E-state index is -1.02. The molecule has 12 heteroatoms. The summed E-state index contributed by atoms with van der Waals surface area (Å²) >= 11 is 0. The van der Waals surface area contributed by atoms with Gasteiger partial charge in [-0.25, -0.2) is 0 Å². The van der Waals surface area contributed by atoms with Gasteiger partial charge >= 0.3 is 0 Å². The molecule has 6 aromatic rings. The van der Waals surface area contributed by atoms with Gasteiger partial charge in [0, 0.05) is 4.91 Å². The fourth-order valence-electron chi connectivity index (χ4n) is 7.42. The molecule has 65 heavy (non-hydrogen) atoms. The molecule has 0 saturated carbocycles. The van der Waals surface area contributed by atoms with E-state index >= 15 is 0 Å². The highest BCUT2D eigenvalue weighted by atomic mass is 16.7. The van der Waals surface area contributed by atoms with Crippen LogP contribution in [0.15, 0.2) is 181 Å². The average molecular weight is 880 g/mol. The van der Waals surface area contributed by atoms with Crippen LogP contribution in [-0.2, 0) is 77.5 Å². The van der Waals surface area contributed by atoms with E-state index < -0.39 is 42.9 Å². The predicted octanol–water partition coefficient (Wildman–Crippen LogP) is 10.2. The first-order chi connectivity index (χ1) is 32.1. The first-order valence-corrected chi connectivity index (χ1v) is 21.9. The molecule has 7 rings (SSSR count). The maximum atomic E-state index is 9.95. The minimum absolute atomic E-state index is 0.0934. The van der Waals surface area contributed by atoms with Crippen LogP contribution in [0.2, 0.25) is 0 Å². The smallest absolute Gasteiger partial charge is 0.186 e. The zero-order chi connectivity index (χ0) is 44.7. The van der Waals surface area contributed by atoms with E-state index in [0.29, 0.717) is 19.8 Å². The van der Waals surface area contributed by atoms with Crippen LogP contribution in [0.3, 0.4) is 0 Å². The second kappa shape index (κ2) is 26.2. The molecule has 0 spiro atoms. The number of hydrogen-bond acceptors (Lipinski definition) is 10. The third kappa shape index (κ3) is 15.1. The number of benzene rings is 6. The Balaban J connectivity index is 1.17. The molecule has 1 aliphatic rings. The monoisotopic (exact) mass is 879 g/mol. The number of ether oxygens (including phenoxy) is 9. The number of azide groups is 1. The Labute approximate surface area is 381 Å². The summed E-state index contributed by atoms with van der Waals surface area (Å²) in [6.45, 7) is 1.90. The van der Waals surface area contributed by atoms with Gasteiger partial charge in [0.05, 0.1) is 78.7 Å². The highest BCUT2D eigenvalue weighted by Crippen LogP contribution is 2.32. The Morgan fingerprint density at radius 2 is 0.938 bits per heavy atom. The van der Waals surface area contributed by atoms with E-state index in [1.54, 1.807) is 7.11 Å². The third-order valence-electron chi connectivity index (χ3n) is 10.9. The number of hydrogen-bond donors (Lipinski definition) is 0. The Morgan fingerprint density at radius 1 is 0.492 bits per heavy atom. The lowest BCUT2D eigenvalue weighted by Gasteiger charge is -2.46. The second-order valence-electron chi connectivity index (χ2n) is 15.6. The van der Waals surface area contributed by atoms with Crippen LogP contribution in [0.4, 0.5) is 0 Å². The van der Waals surface area contributed by atoms with Crippen molar-refractivity contribution in [1.82, 2.24) is 0 Å². The Hall–Kier alpha value is -5.89. The molecule has 0 bridgehead atoms. The van der Waals surface area contributed by atoms with Gasteiger partial charge in [-0.05, 0) is 51.0 Å². The van der Waals surface area contributed by atoms with E-state index in [2.05, 4.69) is 10.0 Å². The van der Waals surface area contributed by atoms with E-state index in [0.717, 1.165) is 39.1 Å². The molecular weight excluding hydrogens is 823 g/mol. The fourth-order valence-corrected chi connectivity index (χ4v) is 7.42. The van der Waals surface area contributed by atoms with Crippen LogP contribution in [-0.4, -0.2) is 69.8 Å². The lowest BCUT2D eigenvalue weighted by Crippen LogP contribution is -2.62. The fraction of sp³-hybridized carbons (Fsp3) is 0.321. The van der Waals surface area contributed by atoms with Crippen molar-refractivity contribution in [3.63, 3.8) is 0 Å². The highest BCUT2D eigenvalue weighted by molar-refractivity contribution is 5.27. The zero-order valence-electron chi connectivity index (χ0n) is 36.7. The zero-order valence-corrected chi connectivity index (χ0v) is 36.7. The summed E-state index contributed by atoms with van der Waals surface area (Å²) in [7, 11) is 1.63. The molecule has 0 aromatic heterocycles. The van der Waals surface area contributed by atoms with Crippen molar-refractivity contribution in [2.75, 3.05) is 26.9 Å².